The lowest BCUT2D eigenvalue weighted by molar-refractivity contribution is -0.138. The first-order valence-electron chi connectivity index (χ1n) is 7.94. The van der Waals surface area contributed by atoms with Crippen molar-refractivity contribution in [3.8, 4) is 0 Å². The highest BCUT2D eigenvalue weighted by Gasteiger charge is 2.43. The highest BCUT2D eigenvalue weighted by Crippen LogP contribution is 2.53. The number of anilines is 1. The van der Waals surface area contributed by atoms with Crippen molar-refractivity contribution in [2.75, 3.05) is 5.32 Å². The topological polar surface area (TPSA) is 12.0 Å². The molecule has 0 aromatic heterocycles. The number of benzene rings is 2. The van der Waals surface area contributed by atoms with Gasteiger partial charge in [-0.2, -0.15) is 13.2 Å². The summed E-state index contributed by atoms with van der Waals surface area (Å²) in [5.74, 6) is -0.0398. The van der Waals surface area contributed by atoms with E-state index in [-0.39, 0.29) is 17.4 Å². The fourth-order valence-electron chi connectivity index (χ4n) is 3.98. The first kappa shape index (κ1) is 16.8. The molecule has 1 heterocycles. The molecule has 1 nitrogen and oxygen atoms in total. The van der Waals surface area contributed by atoms with E-state index in [0.29, 0.717) is 22.2 Å². The van der Waals surface area contributed by atoms with Gasteiger partial charge in [0.1, 0.15) is 0 Å². The summed E-state index contributed by atoms with van der Waals surface area (Å²) in [7, 11) is 0. The zero-order valence-electron chi connectivity index (χ0n) is 12.9. The summed E-state index contributed by atoms with van der Waals surface area (Å²) >= 11 is 12.5. The predicted octanol–water partition coefficient (Wildman–Crippen LogP) is 6.84. The summed E-state index contributed by atoms with van der Waals surface area (Å²) in [6.45, 7) is 0. The summed E-state index contributed by atoms with van der Waals surface area (Å²) in [5.41, 5.74) is 1.27. The Hall–Kier alpha value is -1.65. The van der Waals surface area contributed by atoms with Gasteiger partial charge < -0.3 is 5.32 Å². The maximum atomic E-state index is 13.5. The number of hydrogen-bond donors (Lipinski definition) is 1. The molecule has 6 heteroatoms. The minimum Gasteiger partial charge on any atom is -0.378 e. The Morgan fingerprint density at radius 2 is 1.84 bits per heavy atom. The van der Waals surface area contributed by atoms with E-state index in [1.54, 1.807) is 24.3 Å². The molecule has 3 atom stereocenters. The van der Waals surface area contributed by atoms with Crippen molar-refractivity contribution in [2.24, 2.45) is 5.92 Å². The van der Waals surface area contributed by atoms with Gasteiger partial charge in [0.05, 0.1) is 11.6 Å². The molecule has 2 aromatic carbocycles. The highest BCUT2D eigenvalue weighted by atomic mass is 35.5. The second kappa shape index (κ2) is 5.96. The third-order valence-corrected chi connectivity index (χ3v) is 5.51. The molecule has 0 fully saturated rings. The van der Waals surface area contributed by atoms with Crippen LogP contribution in [0.25, 0.3) is 0 Å². The fourth-order valence-corrected chi connectivity index (χ4v) is 4.60. The molecule has 0 radical (unpaired) electrons. The van der Waals surface area contributed by atoms with E-state index >= 15 is 0 Å². The van der Waals surface area contributed by atoms with Crippen molar-refractivity contribution in [1.29, 1.82) is 0 Å². The minimum atomic E-state index is -4.40. The molecule has 2 aliphatic rings. The molecule has 0 spiro atoms. The number of allylic oxidation sites excluding steroid dienone is 2. The molecule has 2 aromatic rings. The molecule has 1 aliphatic heterocycles. The van der Waals surface area contributed by atoms with Gasteiger partial charge in [0.15, 0.2) is 0 Å². The Morgan fingerprint density at radius 3 is 2.60 bits per heavy atom. The van der Waals surface area contributed by atoms with Gasteiger partial charge in [-0.05, 0) is 36.1 Å². The number of nitrogens with one attached hydrogen (secondary N) is 1. The fraction of sp³-hybridized carbons (Fsp3) is 0.263. The van der Waals surface area contributed by atoms with E-state index in [1.807, 2.05) is 12.2 Å². The van der Waals surface area contributed by atoms with Crippen molar-refractivity contribution in [2.45, 2.75) is 24.6 Å². The molecule has 0 bridgehead atoms. The van der Waals surface area contributed by atoms with E-state index in [9.17, 15) is 13.2 Å². The van der Waals surface area contributed by atoms with Crippen LogP contribution in [0.2, 0.25) is 10.0 Å². The average Bonchev–Trinajstić information content (AvgIpc) is 3.02. The van der Waals surface area contributed by atoms with Crippen LogP contribution in [0, 0.1) is 5.92 Å². The molecular weight excluding hydrogens is 370 g/mol. The Bertz CT molecular complexity index is 860. The Kier molecular flexibility index (Phi) is 4.00. The minimum absolute atomic E-state index is 0.0188. The quantitative estimate of drug-likeness (QED) is 0.531. The van der Waals surface area contributed by atoms with Crippen LogP contribution in [0.4, 0.5) is 18.9 Å². The summed E-state index contributed by atoms with van der Waals surface area (Å²) in [6, 6.07) is 8.69. The molecule has 25 heavy (non-hydrogen) atoms. The Balaban J connectivity index is 1.86. The van der Waals surface area contributed by atoms with Crippen LogP contribution in [-0.2, 0) is 6.18 Å². The van der Waals surface area contributed by atoms with Crippen molar-refractivity contribution >= 4 is 28.9 Å². The predicted molar refractivity (Wildman–Crippen MR) is 94.3 cm³/mol. The van der Waals surface area contributed by atoms with E-state index in [2.05, 4.69) is 5.32 Å². The van der Waals surface area contributed by atoms with Gasteiger partial charge >= 0.3 is 6.18 Å². The van der Waals surface area contributed by atoms with E-state index in [0.717, 1.165) is 11.6 Å². The van der Waals surface area contributed by atoms with Gasteiger partial charge in [0.25, 0.3) is 0 Å². The first-order chi connectivity index (χ1) is 11.9. The lowest BCUT2D eigenvalue weighted by atomic mass is 9.76. The molecule has 0 saturated heterocycles. The molecule has 4 rings (SSSR count). The van der Waals surface area contributed by atoms with E-state index < -0.39 is 17.8 Å². The average molecular weight is 384 g/mol. The van der Waals surface area contributed by atoms with Crippen molar-refractivity contribution in [1.82, 2.24) is 0 Å². The van der Waals surface area contributed by atoms with Crippen LogP contribution in [0.5, 0.6) is 0 Å². The van der Waals surface area contributed by atoms with E-state index in [1.165, 1.54) is 6.07 Å². The largest absolute Gasteiger partial charge is 0.416 e. The van der Waals surface area contributed by atoms with Gasteiger partial charge in [0.2, 0.25) is 0 Å². The van der Waals surface area contributed by atoms with Crippen LogP contribution in [0.3, 0.4) is 0 Å². The van der Waals surface area contributed by atoms with Gasteiger partial charge in [-0.15, -0.1) is 0 Å². The number of fused-ring (bicyclic) bond motifs is 3. The molecule has 1 aliphatic carbocycles. The maximum Gasteiger partial charge on any atom is 0.416 e. The number of halogens is 5. The first-order valence-corrected chi connectivity index (χ1v) is 8.70. The summed E-state index contributed by atoms with van der Waals surface area (Å²) in [5, 5.41) is 4.27. The third kappa shape index (κ3) is 2.81. The highest BCUT2D eigenvalue weighted by molar-refractivity contribution is 6.35. The second-order valence-electron chi connectivity index (χ2n) is 6.41. The third-order valence-electron chi connectivity index (χ3n) is 4.98. The van der Waals surface area contributed by atoms with Gasteiger partial charge in [0, 0.05) is 27.2 Å². The van der Waals surface area contributed by atoms with Crippen molar-refractivity contribution in [3.63, 3.8) is 0 Å². The lowest BCUT2D eigenvalue weighted by Gasteiger charge is -2.39. The van der Waals surface area contributed by atoms with Crippen molar-refractivity contribution in [3.05, 3.63) is 75.3 Å². The summed E-state index contributed by atoms with van der Waals surface area (Å²) in [6.07, 6.45) is 0.354. The smallest absolute Gasteiger partial charge is 0.378 e. The molecule has 0 saturated carbocycles. The molecule has 1 N–H and O–H groups in total. The lowest BCUT2D eigenvalue weighted by Crippen LogP contribution is -2.31. The number of rotatable bonds is 1. The molecule has 2 unspecified atom stereocenters. The van der Waals surface area contributed by atoms with Gasteiger partial charge in [-0.3, -0.25) is 0 Å². The Morgan fingerprint density at radius 1 is 1.08 bits per heavy atom. The van der Waals surface area contributed by atoms with E-state index in [4.69, 9.17) is 23.2 Å². The summed E-state index contributed by atoms with van der Waals surface area (Å²) < 4.78 is 40.5. The van der Waals surface area contributed by atoms with Crippen LogP contribution in [0.1, 0.15) is 35.1 Å². The summed E-state index contributed by atoms with van der Waals surface area (Å²) in [4.78, 5) is 0. The van der Waals surface area contributed by atoms with Gasteiger partial charge in [-0.1, -0.05) is 53.6 Å². The van der Waals surface area contributed by atoms with Gasteiger partial charge in [-0.25, -0.2) is 0 Å². The number of alkyl halides is 3. The number of hydrogen-bond acceptors (Lipinski definition) is 1. The maximum absolute atomic E-state index is 13.5. The zero-order chi connectivity index (χ0) is 17.8. The van der Waals surface area contributed by atoms with Crippen LogP contribution in [0.15, 0.2) is 48.6 Å². The molecule has 130 valence electrons. The second-order valence-corrected chi connectivity index (χ2v) is 7.25. The Labute approximate surface area is 153 Å². The van der Waals surface area contributed by atoms with Crippen LogP contribution in [-0.4, -0.2) is 0 Å². The zero-order valence-corrected chi connectivity index (χ0v) is 14.5. The standard InChI is InChI=1S/C19H14Cl2F3N/c20-10-8-15(21)17-11-5-3-6-12(11)18(25-16(17)9-10)13-4-1-2-7-14(13)19(22,23)24/h1-5,7-9,11-12,18,25H,6H2/t11?,12?,18-/m1/s1. The normalized spacial score (nSPS) is 24.6. The SMILES string of the molecule is FC(F)(F)c1ccccc1[C@@H]1Nc2cc(Cl)cc(Cl)c2C2C=CCC21. The monoisotopic (exact) mass is 383 g/mol. The van der Waals surface area contributed by atoms with Crippen molar-refractivity contribution < 1.29 is 13.2 Å². The van der Waals surface area contributed by atoms with Crippen LogP contribution >= 0.6 is 23.2 Å². The molecule has 0 amide bonds. The molecular formula is C19H14Cl2F3N. The van der Waals surface area contributed by atoms with Crippen LogP contribution < -0.4 is 5.32 Å².